The smallest absolute Gasteiger partial charge is 0.243 e. The second-order valence-electron chi connectivity index (χ2n) is 6.96. The average Bonchev–Trinajstić information content (AvgIpc) is 2.63. The van der Waals surface area contributed by atoms with Crippen LogP contribution in [0.1, 0.15) is 19.4 Å². The highest BCUT2D eigenvalue weighted by molar-refractivity contribution is 9.10. The van der Waals surface area contributed by atoms with Crippen LogP contribution in [-0.4, -0.2) is 43.9 Å². The van der Waals surface area contributed by atoms with E-state index in [4.69, 9.17) is 4.74 Å². The standard InChI is InChI=1S/C20H23BrN2O4S/c1-14-12-23(13-15(2)27-14)28(25,26)19-9-7-18(8-10-19)22-20(24)11-16-3-5-17(21)6-4-16/h3-10,14-15H,11-13H2,1-2H3,(H,22,24). The van der Waals surface area contributed by atoms with E-state index in [-0.39, 0.29) is 29.4 Å². The summed E-state index contributed by atoms with van der Waals surface area (Å²) in [6.45, 7) is 4.39. The molecule has 1 heterocycles. The quantitative estimate of drug-likeness (QED) is 0.731. The Morgan fingerprint density at radius 1 is 1.07 bits per heavy atom. The van der Waals surface area contributed by atoms with Crippen molar-refractivity contribution in [1.82, 2.24) is 4.31 Å². The van der Waals surface area contributed by atoms with E-state index >= 15 is 0 Å². The lowest BCUT2D eigenvalue weighted by Gasteiger charge is -2.34. The minimum Gasteiger partial charge on any atom is -0.373 e. The maximum absolute atomic E-state index is 12.9. The molecule has 0 saturated carbocycles. The van der Waals surface area contributed by atoms with Crippen LogP contribution in [0.25, 0.3) is 0 Å². The molecule has 2 aromatic carbocycles. The van der Waals surface area contributed by atoms with Gasteiger partial charge >= 0.3 is 0 Å². The van der Waals surface area contributed by atoms with Crippen molar-refractivity contribution in [2.24, 2.45) is 0 Å². The molecule has 0 bridgehead atoms. The number of hydrogen-bond donors (Lipinski definition) is 1. The maximum Gasteiger partial charge on any atom is 0.243 e. The van der Waals surface area contributed by atoms with Crippen molar-refractivity contribution in [2.75, 3.05) is 18.4 Å². The molecule has 1 amide bonds. The minimum absolute atomic E-state index is 0.143. The summed E-state index contributed by atoms with van der Waals surface area (Å²) in [5, 5.41) is 2.80. The molecule has 1 aliphatic rings. The molecule has 3 rings (SSSR count). The number of morpholine rings is 1. The molecule has 2 aromatic rings. The van der Waals surface area contributed by atoms with Gasteiger partial charge in [0.25, 0.3) is 0 Å². The van der Waals surface area contributed by atoms with Gasteiger partial charge in [-0.2, -0.15) is 4.31 Å². The van der Waals surface area contributed by atoms with Gasteiger partial charge in [0.2, 0.25) is 15.9 Å². The van der Waals surface area contributed by atoms with Crippen LogP contribution in [0, 0.1) is 0 Å². The van der Waals surface area contributed by atoms with Crippen LogP contribution in [0.2, 0.25) is 0 Å². The summed E-state index contributed by atoms with van der Waals surface area (Å²) in [6, 6.07) is 13.8. The maximum atomic E-state index is 12.9. The van der Waals surface area contributed by atoms with Crippen LogP contribution in [-0.2, 0) is 26.0 Å². The number of carbonyl (C=O) groups excluding carboxylic acids is 1. The van der Waals surface area contributed by atoms with Crippen LogP contribution in [0.4, 0.5) is 5.69 Å². The summed E-state index contributed by atoms with van der Waals surface area (Å²) in [4.78, 5) is 12.4. The Balaban J connectivity index is 1.65. The monoisotopic (exact) mass is 466 g/mol. The third kappa shape index (κ3) is 5.20. The van der Waals surface area contributed by atoms with Gasteiger partial charge in [-0.3, -0.25) is 4.79 Å². The number of hydrogen-bond acceptors (Lipinski definition) is 4. The molecule has 28 heavy (non-hydrogen) atoms. The van der Waals surface area contributed by atoms with Crippen LogP contribution < -0.4 is 5.32 Å². The minimum atomic E-state index is -3.59. The van der Waals surface area contributed by atoms with E-state index in [1.54, 1.807) is 12.1 Å². The molecule has 1 saturated heterocycles. The molecule has 1 N–H and O–H groups in total. The van der Waals surface area contributed by atoms with E-state index in [2.05, 4.69) is 21.2 Å². The first kappa shape index (κ1) is 21.0. The largest absolute Gasteiger partial charge is 0.373 e. The lowest BCUT2D eigenvalue weighted by molar-refractivity contribution is -0.115. The van der Waals surface area contributed by atoms with Gasteiger partial charge in [-0.25, -0.2) is 8.42 Å². The zero-order chi connectivity index (χ0) is 20.3. The highest BCUT2D eigenvalue weighted by Crippen LogP contribution is 2.22. The van der Waals surface area contributed by atoms with Gasteiger partial charge in [-0.05, 0) is 55.8 Å². The molecule has 0 aromatic heterocycles. The number of ether oxygens (including phenoxy) is 1. The second kappa shape index (κ2) is 8.73. The molecule has 8 heteroatoms. The normalized spacial score (nSPS) is 20.7. The summed E-state index contributed by atoms with van der Waals surface area (Å²) in [5.74, 6) is -0.159. The summed E-state index contributed by atoms with van der Waals surface area (Å²) in [7, 11) is -3.59. The van der Waals surface area contributed by atoms with Gasteiger partial charge < -0.3 is 10.1 Å². The number of nitrogens with zero attached hydrogens (tertiary/aromatic N) is 1. The molecule has 0 radical (unpaired) electrons. The van der Waals surface area contributed by atoms with Gasteiger partial charge in [0.05, 0.1) is 23.5 Å². The zero-order valence-electron chi connectivity index (χ0n) is 15.8. The fraction of sp³-hybridized carbons (Fsp3) is 0.350. The van der Waals surface area contributed by atoms with Gasteiger partial charge in [-0.1, -0.05) is 28.1 Å². The van der Waals surface area contributed by atoms with E-state index < -0.39 is 10.0 Å². The first-order chi connectivity index (χ1) is 13.2. The molecule has 0 aliphatic carbocycles. The molecule has 2 unspecified atom stereocenters. The fourth-order valence-electron chi connectivity index (χ4n) is 3.18. The van der Waals surface area contributed by atoms with Crippen molar-refractivity contribution in [1.29, 1.82) is 0 Å². The number of rotatable bonds is 5. The number of amides is 1. The molecular formula is C20H23BrN2O4S. The molecular weight excluding hydrogens is 444 g/mol. The third-order valence-electron chi connectivity index (χ3n) is 4.44. The number of nitrogens with one attached hydrogen (secondary N) is 1. The van der Waals surface area contributed by atoms with Crippen LogP contribution in [0.3, 0.4) is 0 Å². The predicted octanol–water partition coefficient (Wildman–Crippen LogP) is 3.43. The van der Waals surface area contributed by atoms with Crippen molar-refractivity contribution in [3.63, 3.8) is 0 Å². The molecule has 0 spiro atoms. The van der Waals surface area contributed by atoms with Crippen LogP contribution in [0.5, 0.6) is 0 Å². The molecule has 2 atom stereocenters. The molecule has 1 aliphatic heterocycles. The lowest BCUT2D eigenvalue weighted by Crippen LogP contribution is -2.48. The lowest BCUT2D eigenvalue weighted by atomic mass is 10.1. The zero-order valence-corrected chi connectivity index (χ0v) is 18.2. The van der Waals surface area contributed by atoms with E-state index in [9.17, 15) is 13.2 Å². The fourth-order valence-corrected chi connectivity index (χ4v) is 5.03. The van der Waals surface area contributed by atoms with Crippen LogP contribution in [0.15, 0.2) is 57.9 Å². The summed E-state index contributed by atoms with van der Waals surface area (Å²) >= 11 is 3.36. The number of sulfonamides is 1. The Morgan fingerprint density at radius 3 is 2.21 bits per heavy atom. The highest BCUT2D eigenvalue weighted by Gasteiger charge is 2.32. The van der Waals surface area contributed by atoms with Crippen molar-refractivity contribution >= 4 is 37.5 Å². The van der Waals surface area contributed by atoms with Gasteiger partial charge in [0.15, 0.2) is 0 Å². The van der Waals surface area contributed by atoms with E-state index in [0.717, 1.165) is 10.0 Å². The van der Waals surface area contributed by atoms with Crippen molar-refractivity contribution in [3.8, 4) is 0 Å². The Bertz CT molecular complexity index is 920. The highest BCUT2D eigenvalue weighted by atomic mass is 79.9. The molecule has 6 nitrogen and oxygen atoms in total. The van der Waals surface area contributed by atoms with E-state index in [1.165, 1.54) is 16.4 Å². The molecule has 1 fully saturated rings. The Labute approximate surface area is 174 Å². The average molecular weight is 467 g/mol. The number of halogens is 1. The summed E-state index contributed by atoms with van der Waals surface area (Å²) in [5.41, 5.74) is 1.46. The van der Waals surface area contributed by atoms with Crippen molar-refractivity contribution in [2.45, 2.75) is 37.4 Å². The SMILES string of the molecule is CC1CN(S(=O)(=O)c2ccc(NC(=O)Cc3ccc(Br)cc3)cc2)CC(C)O1. The topological polar surface area (TPSA) is 75.7 Å². The number of benzene rings is 2. The van der Waals surface area contributed by atoms with Crippen LogP contribution >= 0.6 is 15.9 Å². The Hall–Kier alpha value is -1.74. The van der Waals surface area contributed by atoms with Gasteiger partial charge in [-0.15, -0.1) is 0 Å². The molecule has 150 valence electrons. The van der Waals surface area contributed by atoms with Gasteiger partial charge in [0.1, 0.15) is 0 Å². The number of carbonyl (C=O) groups is 1. The third-order valence-corrected chi connectivity index (χ3v) is 6.81. The predicted molar refractivity (Wildman–Crippen MR) is 112 cm³/mol. The van der Waals surface area contributed by atoms with E-state index in [1.807, 2.05) is 38.1 Å². The summed E-state index contributed by atoms with van der Waals surface area (Å²) in [6.07, 6.45) is -0.0388. The van der Waals surface area contributed by atoms with E-state index in [0.29, 0.717) is 18.8 Å². The Kier molecular flexibility index (Phi) is 6.54. The first-order valence-electron chi connectivity index (χ1n) is 9.04. The van der Waals surface area contributed by atoms with Crippen molar-refractivity contribution in [3.05, 3.63) is 58.6 Å². The Morgan fingerprint density at radius 2 is 1.64 bits per heavy atom. The first-order valence-corrected chi connectivity index (χ1v) is 11.3. The van der Waals surface area contributed by atoms with Gasteiger partial charge in [0, 0.05) is 23.2 Å². The summed E-state index contributed by atoms with van der Waals surface area (Å²) < 4.78 is 33.7. The van der Waals surface area contributed by atoms with Crippen molar-refractivity contribution < 1.29 is 17.9 Å². The second-order valence-corrected chi connectivity index (χ2v) is 9.81. The number of anilines is 1.